The van der Waals surface area contributed by atoms with E-state index in [1.165, 1.54) is 0 Å². The van der Waals surface area contributed by atoms with Gasteiger partial charge in [-0.1, -0.05) is 30.3 Å². The van der Waals surface area contributed by atoms with Gasteiger partial charge in [0.25, 0.3) is 11.5 Å². The number of pyridine rings is 1. The van der Waals surface area contributed by atoms with Crippen molar-refractivity contribution >= 4 is 5.91 Å². The van der Waals surface area contributed by atoms with Crippen LogP contribution in [0.25, 0.3) is 0 Å². The Bertz CT molecular complexity index is 749. The summed E-state index contributed by atoms with van der Waals surface area (Å²) in [4.78, 5) is 29.5. The van der Waals surface area contributed by atoms with E-state index in [9.17, 15) is 9.59 Å². The van der Waals surface area contributed by atoms with Crippen LogP contribution in [0.1, 0.15) is 34.5 Å². The van der Waals surface area contributed by atoms with Gasteiger partial charge in [0.2, 0.25) is 0 Å². The quantitative estimate of drug-likeness (QED) is 0.918. The number of carbonyl (C=O) groups is 1. The van der Waals surface area contributed by atoms with Gasteiger partial charge in [-0.2, -0.15) is 0 Å². The maximum absolute atomic E-state index is 12.9. The van der Waals surface area contributed by atoms with Crippen molar-refractivity contribution in [3.8, 4) is 0 Å². The zero-order valence-corrected chi connectivity index (χ0v) is 13.8. The second-order valence-corrected chi connectivity index (χ2v) is 6.19. The molecule has 1 aromatic carbocycles. The average molecular weight is 326 g/mol. The van der Waals surface area contributed by atoms with E-state index in [1.54, 1.807) is 24.0 Å². The first-order chi connectivity index (χ1) is 11.6. The predicted molar refractivity (Wildman–Crippen MR) is 92.0 cm³/mol. The van der Waals surface area contributed by atoms with Gasteiger partial charge < -0.3 is 14.6 Å². The number of amides is 1. The highest BCUT2D eigenvalue weighted by Gasteiger charge is 2.25. The van der Waals surface area contributed by atoms with E-state index < -0.39 is 0 Å². The summed E-state index contributed by atoms with van der Waals surface area (Å²) in [6, 6.07) is 13.2. The number of nitrogens with zero attached hydrogens (tertiary/aromatic N) is 1. The number of benzene rings is 1. The SMILES string of the molecule is Cc1ccc(C(=O)N(Cc2ccccc2)C[C@@H]2CCCO2)c(=O)[nH]1. The fraction of sp³-hybridized carbons (Fsp3) is 0.368. The maximum atomic E-state index is 12.9. The van der Waals surface area contributed by atoms with Crippen molar-refractivity contribution in [3.63, 3.8) is 0 Å². The molecule has 1 aliphatic heterocycles. The molecule has 0 unspecified atom stereocenters. The third kappa shape index (κ3) is 3.92. The zero-order valence-electron chi connectivity index (χ0n) is 13.8. The average Bonchev–Trinajstić information content (AvgIpc) is 3.08. The van der Waals surface area contributed by atoms with E-state index in [2.05, 4.69) is 4.98 Å². The molecule has 1 N–H and O–H groups in total. The Kier molecular flexibility index (Phi) is 5.11. The molecule has 0 spiro atoms. The molecule has 1 amide bonds. The van der Waals surface area contributed by atoms with Crippen molar-refractivity contribution in [1.82, 2.24) is 9.88 Å². The normalized spacial score (nSPS) is 17.0. The summed E-state index contributed by atoms with van der Waals surface area (Å²) in [5.41, 5.74) is 1.61. The lowest BCUT2D eigenvalue weighted by Crippen LogP contribution is -2.39. The first-order valence-electron chi connectivity index (χ1n) is 8.28. The fourth-order valence-electron chi connectivity index (χ4n) is 2.97. The summed E-state index contributed by atoms with van der Waals surface area (Å²) in [7, 11) is 0. The molecule has 1 fully saturated rings. The van der Waals surface area contributed by atoms with E-state index >= 15 is 0 Å². The van der Waals surface area contributed by atoms with Crippen molar-refractivity contribution < 1.29 is 9.53 Å². The Morgan fingerprint density at radius 2 is 2.04 bits per heavy atom. The predicted octanol–water partition coefficient (Wildman–Crippen LogP) is 2.50. The molecule has 2 aromatic rings. The van der Waals surface area contributed by atoms with Crippen LogP contribution in [0.4, 0.5) is 0 Å². The summed E-state index contributed by atoms with van der Waals surface area (Å²) in [5.74, 6) is -0.254. The number of H-pyrrole nitrogens is 1. The minimum Gasteiger partial charge on any atom is -0.376 e. The molecule has 1 saturated heterocycles. The highest BCUT2D eigenvalue weighted by molar-refractivity contribution is 5.93. The lowest BCUT2D eigenvalue weighted by atomic mass is 10.1. The third-order valence-electron chi connectivity index (χ3n) is 4.24. The Balaban J connectivity index is 1.84. The first kappa shape index (κ1) is 16.5. The molecule has 0 saturated carbocycles. The maximum Gasteiger partial charge on any atom is 0.260 e. The largest absolute Gasteiger partial charge is 0.376 e. The second-order valence-electron chi connectivity index (χ2n) is 6.19. The molecule has 24 heavy (non-hydrogen) atoms. The minimum atomic E-state index is -0.342. The van der Waals surface area contributed by atoms with Gasteiger partial charge in [0.15, 0.2) is 0 Å². The number of nitrogens with one attached hydrogen (secondary N) is 1. The molecule has 2 heterocycles. The molecule has 0 bridgehead atoms. The van der Waals surface area contributed by atoms with Gasteiger partial charge >= 0.3 is 0 Å². The molecular weight excluding hydrogens is 304 g/mol. The van der Waals surface area contributed by atoms with Gasteiger partial charge in [0, 0.05) is 25.4 Å². The van der Waals surface area contributed by atoms with E-state index in [0.29, 0.717) is 13.1 Å². The Labute approximate surface area is 141 Å². The third-order valence-corrected chi connectivity index (χ3v) is 4.24. The second kappa shape index (κ2) is 7.45. The molecular formula is C19H22N2O3. The molecule has 5 nitrogen and oxygen atoms in total. The van der Waals surface area contributed by atoms with Gasteiger partial charge in [0.05, 0.1) is 6.10 Å². The Hall–Kier alpha value is -2.40. The van der Waals surface area contributed by atoms with Crippen LogP contribution in [0.2, 0.25) is 0 Å². The first-order valence-corrected chi connectivity index (χ1v) is 8.28. The Morgan fingerprint density at radius 3 is 2.71 bits per heavy atom. The summed E-state index contributed by atoms with van der Waals surface area (Å²) >= 11 is 0. The molecule has 1 atom stereocenters. The van der Waals surface area contributed by atoms with E-state index in [1.807, 2.05) is 30.3 Å². The molecule has 126 valence electrons. The van der Waals surface area contributed by atoms with Gasteiger partial charge in [-0.3, -0.25) is 9.59 Å². The van der Waals surface area contributed by atoms with Crippen LogP contribution in [0.15, 0.2) is 47.3 Å². The summed E-state index contributed by atoms with van der Waals surface area (Å²) in [5, 5.41) is 0. The van der Waals surface area contributed by atoms with Crippen LogP contribution in [-0.2, 0) is 11.3 Å². The molecule has 5 heteroatoms. The van der Waals surface area contributed by atoms with Crippen molar-refractivity contribution in [2.45, 2.75) is 32.4 Å². The van der Waals surface area contributed by atoms with Crippen LogP contribution in [0.5, 0.6) is 0 Å². The smallest absolute Gasteiger partial charge is 0.260 e. The summed E-state index contributed by atoms with van der Waals surface area (Å²) in [6.45, 7) is 3.50. The minimum absolute atomic E-state index is 0.0437. The Morgan fingerprint density at radius 1 is 1.25 bits per heavy atom. The molecule has 1 aromatic heterocycles. The molecule has 1 aliphatic rings. The topological polar surface area (TPSA) is 62.4 Å². The highest BCUT2D eigenvalue weighted by Crippen LogP contribution is 2.16. The van der Waals surface area contributed by atoms with Crippen molar-refractivity contribution in [1.29, 1.82) is 0 Å². The number of aryl methyl sites for hydroxylation is 1. The van der Waals surface area contributed by atoms with Gasteiger partial charge in [-0.05, 0) is 37.5 Å². The van der Waals surface area contributed by atoms with Crippen molar-refractivity contribution in [3.05, 3.63) is 69.6 Å². The summed E-state index contributed by atoms with van der Waals surface area (Å²) < 4.78 is 5.68. The van der Waals surface area contributed by atoms with E-state index in [4.69, 9.17) is 4.74 Å². The number of hydrogen-bond donors (Lipinski definition) is 1. The van der Waals surface area contributed by atoms with Crippen LogP contribution < -0.4 is 5.56 Å². The van der Waals surface area contributed by atoms with Crippen LogP contribution >= 0.6 is 0 Å². The van der Waals surface area contributed by atoms with E-state index in [0.717, 1.165) is 30.7 Å². The lowest BCUT2D eigenvalue weighted by Gasteiger charge is -2.25. The monoisotopic (exact) mass is 326 g/mol. The van der Waals surface area contributed by atoms with Crippen LogP contribution in [0, 0.1) is 6.92 Å². The number of hydrogen-bond acceptors (Lipinski definition) is 3. The lowest BCUT2D eigenvalue weighted by molar-refractivity contribution is 0.0506. The zero-order chi connectivity index (χ0) is 16.9. The van der Waals surface area contributed by atoms with Gasteiger partial charge in [0.1, 0.15) is 5.56 Å². The fourth-order valence-corrected chi connectivity index (χ4v) is 2.97. The number of carbonyl (C=O) groups excluding carboxylic acids is 1. The van der Waals surface area contributed by atoms with Crippen LogP contribution in [0.3, 0.4) is 0 Å². The number of aromatic nitrogens is 1. The molecule has 0 aliphatic carbocycles. The molecule has 3 rings (SSSR count). The number of rotatable bonds is 5. The highest BCUT2D eigenvalue weighted by atomic mass is 16.5. The number of aromatic amines is 1. The van der Waals surface area contributed by atoms with Crippen LogP contribution in [-0.4, -0.2) is 35.0 Å². The number of ether oxygens (including phenoxy) is 1. The summed E-state index contributed by atoms with van der Waals surface area (Å²) in [6.07, 6.45) is 2.01. The van der Waals surface area contributed by atoms with Gasteiger partial charge in [-0.15, -0.1) is 0 Å². The van der Waals surface area contributed by atoms with Crippen molar-refractivity contribution in [2.24, 2.45) is 0 Å². The van der Waals surface area contributed by atoms with Gasteiger partial charge in [-0.25, -0.2) is 0 Å². The van der Waals surface area contributed by atoms with E-state index in [-0.39, 0.29) is 23.1 Å². The molecule has 0 radical (unpaired) electrons. The standard InChI is InChI=1S/C19H22N2O3/c1-14-9-10-17(18(22)20-14)19(23)21(13-16-8-5-11-24-16)12-15-6-3-2-4-7-15/h2-4,6-7,9-10,16H,5,8,11-13H2,1H3,(H,20,22)/t16-/m0/s1. The van der Waals surface area contributed by atoms with Crippen molar-refractivity contribution in [2.75, 3.05) is 13.2 Å².